The van der Waals surface area contributed by atoms with Gasteiger partial charge in [-0.1, -0.05) is 6.07 Å². The van der Waals surface area contributed by atoms with Crippen LogP contribution in [-0.2, 0) is 17.8 Å². The summed E-state index contributed by atoms with van der Waals surface area (Å²) in [6.45, 7) is 2.20. The summed E-state index contributed by atoms with van der Waals surface area (Å²) < 4.78 is 16.4. The molecule has 1 N–H and O–H groups in total. The maximum Gasteiger partial charge on any atom is 0.345 e. The molecule has 1 atom stereocenters. The molecular weight excluding hydrogens is 260 g/mol. The smallest absolute Gasteiger partial charge is 0.345 e. The van der Waals surface area contributed by atoms with Crippen LogP contribution in [-0.4, -0.2) is 17.2 Å². The van der Waals surface area contributed by atoms with Crippen LogP contribution >= 0.6 is 0 Å². The molecular formula is C15H14O5. The molecule has 1 aromatic carbocycles. The van der Waals surface area contributed by atoms with Crippen LogP contribution < -0.4 is 9.47 Å². The van der Waals surface area contributed by atoms with E-state index in [1.165, 1.54) is 0 Å². The Labute approximate surface area is 115 Å². The summed E-state index contributed by atoms with van der Waals surface area (Å²) in [5, 5.41) is 8.94. The molecule has 2 heterocycles. The standard InChI is InChI=1S/C15H14O5/c1-9-2-4-12(19-9)8-18-11-5-3-10-6-14(15(16)17)20-13(10)7-11/h2-5,7,14H,6,8H2,1H3,(H,16,17). The first kappa shape index (κ1) is 12.6. The van der Waals surface area contributed by atoms with Crippen molar-refractivity contribution in [1.29, 1.82) is 0 Å². The molecule has 0 saturated carbocycles. The van der Waals surface area contributed by atoms with Gasteiger partial charge >= 0.3 is 5.97 Å². The van der Waals surface area contributed by atoms with Gasteiger partial charge in [0, 0.05) is 12.5 Å². The number of benzene rings is 1. The number of rotatable bonds is 4. The van der Waals surface area contributed by atoms with Gasteiger partial charge in [0.2, 0.25) is 0 Å². The number of fused-ring (bicyclic) bond motifs is 1. The molecule has 1 aliphatic rings. The quantitative estimate of drug-likeness (QED) is 0.927. The third kappa shape index (κ3) is 2.47. The Morgan fingerprint density at radius 3 is 2.95 bits per heavy atom. The second-order valence-corrected chi connectivity index (χ2v) is 4.72. The maximum atomic E-state index is 10.9. The van der Waals surface area contributed by atoms with Crippen molar-refractivity contribution in [2.75, 3.05) is 0 Å². The maximum absolute atomic E-state index is 10.9. The third-order valence-electron chi connectivity index (χ3n) is 3.17. The lowest BCUT2D eigenvalue weighted by atomic mass is 10.1. The van der Waals surface area contributed by atoms with Gasteiger partial charge in [-0.25, -0.2) is 4.79 Å². The molecule has 5 heteroatoms. The minimum atomic E-state index is -0.949. The third-order valence-corrected chi connectivity index (χ3v) is 3.17. The van der Waals surface area contributed by atoms with Gasteiger partial charge in [-0.15, -0.1) is 0 Å². The first-order chi connectivity index (χ1) is 9.61. The van der Waals surface area contributed by atoms with Crippen molar-refractivity contribution in [3.8, 4) is 11.5 Å². The fraction of sp³-hybridized carbons (Fsp3) is 0.267. The highest BCUT2D eigenvalue weighted by molar-refractivity contribution is 5.74. The van der Waals surface area contributed by atoms with E-state index in [4.69, 9.17) is 19.0 Å². The highest BCUT2D eigenvalue weighted by Gasteiger charge is 2.28. The number of carboxylic acids is 1. The Balaban J connectivity index is 1.68. The first-order valence-electron chi connectivity index (χ1n) is 6.32. The Bertz CT molecular complexity index is 643. The average molecular weight is 274 g/mol. The zero-order chi connectivity index (χ0) is 14.1. The molecule has 20 heavy (non-hydrogen) atoms. The van der Waals surface area contributed by atoms with E-state index in [-0.39, 0.29) is 0 Å². The van der Waals surface area contributed by atoms with E-state index in [0.717, 1.165) is 17.1 Å². The number of aliphatic carboxylic acids is 1. The Morgan fingerprint density at radius 1 is 1.40 bits per heavy atom. The lowest BCUT2D eigenvalue weighted by Gasteiger charge is -2.07. The minimum Gasteiger partial charge on any atom is -0.486 e. The van der Waals surface area contributed by atoms with Crippen molar-refractivity contribution < 1.29 is 23.8 Å². The molecule has 1 aliphatic heterocycles. The number of carboxylic acid groups (broad SMARTS) is 1. The molecule has 104 valence electrons. The summed E-state index contributed by atoms with van der Waals surface area (Å²) in [6, 6.07) is 9.10. The predicted molar refractivity (Wildman–Crippen MR) is 70.0 cm³/mol. The molecule has 0 saturated heterocycles. The minimum absolute atomic E-state index is 0.328. The molecule has 2 aromatic rings. The number of aryl methyl sites for hydroxylation is 1. The monoisotopic (exact) mass is 274 g/mol. The van der Waals surface area contributed by atoms with E-state index < -0.39 is 12.1 Å². The molecule has 1 unspecified atom stereocenters. The number of carbonyl (C=O) groups is 1. The van der Waals surface area contributed by atoms with Gasteiger partial charge in [0.15, 0.2) is 6.10 Å². The summed E-state index contributed by atoms with van der Waals surface area (Å²) in [6.07, 6.45) is -0.407. The van der Waals surface area contributed by atoms with Crippen LogP contribution in [0, 0.1) is 6.92 Å². The fourth-order valence-corrected chi connectivity index (χ4v) is 2.15. The van der Waals surface area contributed by atoms with Crippen molar-refractivity contribution in [3.05, 3.63) is 47.4 Å². The zero-order valence-corrected chi connectivity index (χ0v) is 11.0. The molecule has 0 amide bonds. The molecule has 0 spiro atoms. The summed E-state index contributed by atoms with van der Waals surface area (Å²) in [7, 11) is 0. The Kier molecular flexibility index (Phi) is 3.10. The van der Waals surface area contributed by atoms with Crippen LogP contribution in [0.2, 0.25) is 0 Å². The van der Waals surface area contributed by atoms with Gasteiger partial charge in [-0.2, -0.15) is 0 Å². The Hall–Kier alpha value is -2.43. The number of ether oxygens (including phenoxy) is 2. The van der Waals surface area contributed by atoms with Gasteiger partial charge in [-0.3, -0.25) is 0 Å². The van der Waals surface area contributed by atoms with Gasteiger partial charge in [0.1, 0.15) is 29.6 Å². The van der Waals surface area contributed by atoms with E-state index in [1.54, 1.807) is 6.07 Å². The topological polar surface area (TPSA) is 68.9 Å². The highest BCUT2D eigenvalue weighted by atomic mass is 16.5. The second kappa shape index (κ2) is 4.92. The number of hydrogen-bond acceptors (Lipinski definition) is 4. The van der Waals surface area contributed by atoms with E-state index in [2.05, 4.69) is 0 Å². The van der Waals surface area contributed by atoms with E-state index in [1.807, 2.05) is 31.2 Å². The normalized spacial score (nSPS) is 16.6. The molecule has 0 aliphatic carbocycles. The number of furan rings is 1. The lowest BCUT2D eigenvalue weighted by molar-refractivity contribution is -0.144. The van der Waals surface area contributed by atoms with Crippen LogP contribution in [0.3, 0.4) is 0 Å². The van der Waals surface area contributed by atoms with Gasteiger partial charge in [0.05, 0.1) is 0 Å². The van der Waals surface area contributed by atoms with Crippen LogP contribution in [0.5, 0.6) is 11.5 Å². The second-order valence-electron chi connectivity index (χ2n) is 4.72. The van der Waals surface area contributed by atoms with Crippen LogP contribution in [0.4, 0.5) is 0 Å². The predicted octanol–water partition coefficient (Wildman–Crippen LogP) is 2.56. The van der Waals surface area contributed by atoms with E-state index in [9.17, 15) is 4.79 Å². The molecule has 3 rings (SSSR count). The average Bonchev–Trinajstić information content (AvgIpc) is 3.01. The van der Waals surface area contributed by atoms with Crippen LogP contribution in [0.15, 0.2) is 34.7 Å². The van der Waals surface area contributed by atoms with Crippen molar-refractivity contribution in [3.63, 3.8) is 0 Å². The summed E-state index contributed by atoms with van der Waals surface area (Å²) >= 11 is 0. The van der Waals surface area contributed by atoms with Gasteiger partial charge in [-0.05, 0) is 30.7 Å². The SMILES string of the molecule is Cc1ccc(COc2ccc3c(c2)OC(C(=O)O)C3)o1. The lowest BCUT2D eigenvalue weighted by Crippen LogP contribution is -2.24. The van der Waals surface area contributed by atoms with Gasteiger partial charge in [0.25, 0.3) is 0 Å². The van der Waals surface area contributed by atoms with Crippen LogP contribution in [0.1, 0.15) is 17.1 Å². The summed E-state index contributed by atoms with van der Waals surface area (Å²) in [5.74, 6) is 1.83. The van der Waals surface area contributed by atoms with Crippen LogP contribution in [0.25, 0.3) is 0 Å². The fourth-order valence-electron chi connectivity index (χ4n) is 2.15. The largest absolute Gasteiger partial charge is 0.486 e. The zero-order valence-electron chi connectivity index (χ0n) is 11.0. The first-order valence-corrected chi connectivity index (χ1v) is 6.32. The summed E-state index contributed by atoms with van der Waals surface area (Å²) in [4.78, 5) is 10.9. The van der Waals surface area contributed by atoms with Crippen molar-refractivity contribution in [2.45, 2.75) is 26.1 Å². The highest BCUT2D eigenvalue weighted by Crippen LogP contribution is 2.32. The number of hydrogen-bond donors (Lipinski definition) is 1. The van der Waals surface area contributed by atoms with Crippen molar-refractivity contribution in [1.82, 2.24) is 0 Å². The summed E-state index contributed by atoms with van der Waals surface area (Å²) in [5.41, 5.74) is 0.888. The molecule has 5 nitrogen and oxygen atoms in total. The van der Waals surface area contributed by atoms with E-state index >= 15 is 0 Å². The van der Waals surface area contributed by atoms with E-state index in [0.29, 0.717) is 24.5 Å². The van der Waals surface area contributed by atoms with Crippen molar-refractivity contribution >= 4 is 5.97 Å². The Morgan fingerprint density at radius 2 is 2.25 bits per heavy atom. The van der Waals surface area contributed by atoms with Crippen molar-refractivity contribution in [2.24, 2.45) is 0 Å². The molecule has 0 fully saturated rings. The molecule has 1 aromatic heterocycles. The molecule has 0 radical (unpaired) electrons. The molecule has 0 bridgehead atoms. The van der Waals surface area contributed by atoms with Gasteiger partial charge < -0.3 is 19.0 Å².